The van der Waals surface area contributed by atoms with E-state index in [2.05, 4.69) is 86.4 Å². The molecular formula is C33H37BrN2O3S. The van der Waals surface area contributed by atoms with Crippen LogP contribution in [0.5, 0.6) is 11.5 Å². The average molecular weight is 622 g/mol. The Morgan fingerprint density at radius 2 is 1.65 bits per heavy atom. The molecule has 210 valence electrons. The van der Waals surface area contributed by atoms with Gasteiger partial charge in [-0.2, -0.15) is 0 Å². The van der Waals surface area contributed by atoms with Crippen LogP contribution >= 0.6 is 27.3 Å². The highest BCUT2D eigenvalue weighted by Gasteiger charge is 2.17. The van der Waals surface area contributed by atoms with Crippen molar-refractivity contribution in [2.45, 2.75) is 25.8 Å². The molecule has 3 aromatic carbocycles. The minimum absolute atomic E-state index is 0.740. The summed E-state index contributed by atoms with van der Waals surface area (Å²) >= 11 is 5.71. The summed E-state index contributed by atoms with van der Waals surface area (Å²) in [5.74, 6) is 1.83. The van der Waals surface area contributed by atoms with E-state index in [1.807, 2.05) is 11.3 Å². The van der Waals surface area contributed by atoms with Crippen LogP contribution in [0.2, 0.25) is 0 Å². The fraction of sp³-hybridized carbons (Fsp3) is 0.394. The Bertz CT molecular complexity index is 1430. The van der Waals surface area contributed by atoms with E-state index in [1.54, 1.807) is 7.11 Å². The molecule has 1 aromatic heterocycles. The van der Waals surface area contributed by atoms with E-state index in [0.29, 0.717) is 0 Å². The molecule has 4 aromatic rings. The van der Waals surface area contributed by atoms with Crippen LogP contribution < -0.4 is 9.47 Å². The molecule has 0 unspecified atom stereocenters. The van der Waals surface area contributed by atoms with Gasteiger partial charge >= 0.3 is 0 Å². The van der Waals surface area contributed by atoms with Crippen molar-refractivity contribution in [3.05, 3.63) is 81.8 Å². The lowest BCUT2D eigenvalue weighted by atomic mass is 9.98. The summed E-state index contributed by atoms with van der Waals surface area (Å²) in [6.07, 6.45) is 3.49. The summed E-state index contributed by atoms with van der Waals surface area (Å²) in [4.78, 5) is 6.25. The van der Waals surface area contributed by atoms with Crippen molar-refractivity contribution < 1.29 is 14.2 Å². The Balaban J connectivity index is 1.23. The molecule has 2 saturated heterocycles. The predicted octanol–water partition coefficient (Wildman–Crippen LogP) is 7.24. The lowest BCUT2D eigenvalue weighted by molar-refractivity contribution is 0.0341. The van der Waals surface area contributed by atoms with Crippen LogP contribution in [-0.4, -0.2) is 69.5 Å². The van der Waals surface area contributed by atoms with Gasteiger partial charge in [0.2, 0.25) is 0 Å². The van der Waals surface area contributed by atoms with E-state index in [4.69, 9.17) is 14.2 Å². The third-order valence-corrected chi connectivity index (χ3v) is 9.97. The molecule has 3 heterocycles. The highest BCUT2D eigenvalue weighted by Crippen LogP contribution is 2.42. The van der Waals surface area contributed by atoms with Crippen LogP contribution in [0.3, 0.4) is 0 Å². The molecule has 5 nitrogen and oxygen atoms in total. The fourth-order valence-electron chi connectivity index (χ4n) is 5.70. The van der Waals surface area contributed by atoms with Gasteiger partial charge in [-0.15, -0.1) is 11.3 Å². The zero-order chi connectivity index (χ0) is 27.3. The molecule has 0 bridgehead atoms. The smallest absolute Gasteiger partial charge is 0.120 e. The number of fused-ring (bicyclic) bond motifs is 1. The van der Waals surface area contributed by atoms with Gasteiger partial charge in [0.25, 0.3) is 0 Å². The molecule has 2 aliphatic heterocycles. The summed E-state index contributed by atoms with van der Waals surface area (Å²) in [6, 6.07) is 21.9. The van der Waals surface area contributed by atoms with Gasteiger partial charge < -0.3 is 14.2 Å². The molecule has 0 radical (unpaired) electrons. The summed E-state index contributed by atoms with van der Waals surface area (Å²) < 4.78 is 19.6. The van der Waals surface area contributed by atoms with Crippen molar-refractivity contribution in [3.63, 3.8) is 0 Å². The topological polar surface area (TPSA) is 34.2 Å². The van der Waals surface area contributed by atoms with Gasteiger partial charge in [0, 0.05) is 40.2 Å². The standard InChI is InChI=1S/C33H37BrN2O3S/c1-37-28-10-11-29-30(20-24-4-5-26(31(34)21-24)23-36-14-17-38-18-15-36)33(40-32(29)22-28)25-6-8-27(9-7-25)39-19-16-35-12-2-3-13-35/h4-11,21-22H,2-3,12-20,23H2,1H3. The molecule has 0 saturated carbocycles. The quantitative estimate of drug-likeness (QED) is 0.187. The first-order valence-electron chi connectivity index (χ1n) is 14.3. The van der Waals surface area contributed by atoms with E-state index in [9.17, 15) is 0 Å². The Hall–Kier alpha value is -2.42. The Kier molecular flexibility index (Phi) is 9.05. The molecular weight excluding hydrogens is 584 g/mol. The third kappa shape index (κ3) is 6.55. The molecule has 40 heavy (non-hydrogen) atoms. The van der Waals surface area contributed by atoms with Crippen molar-refractivity contribution >= 4 is 37.4 Å². The number of morpholine rings is 1. The molecule has 7 heteroatoms. The lowest BCUT2D eigenvalue weighted by Crippen LogP contribution is -2.35. The largest absolute Gasteiger partial charge is 0.497 e. The van der Waals surface area contributed by atoms with Crippen LogP contribution in [0.25, 0.3) is 20.5 Å². The van der Waals surface area contributed by atoms with Gasteiger partial charge in [-0.3, -0.25) is 9.80 Å². The minimum atomic E-state index is 0.740. The van der Waals surface area contributed by atoms with Crippen molar-refractivity contribution in [1.29, 1.82) is 0 Å². The second-order valence-corrected chi connectivity index (χ2v) is 12.6. The molecule has 0 atom stereocenters. The average Bonchev–Trinajstić information content (AvgIpc) is 3.63. The maximum atomic E-state index is 6.08. The predicted molar refractivity (Wildman–Crippen MR) is 168 cm³/mol. The first-order valence-corrected chi connectivity index (χ1v) is 15.9. The monoisotopic (exact) mass is 620 g/mol. The highest BCUT2D eigenvalue weighted by atomic mass is 79.9. The van der Waals surface area contributed by atoms with Crippen LogP contribution in [-0.2, 0) is 17.7 Å². The number of thiophene rings is 1. The van der Waals surface area contributed by atoms with Crippen LogP contribution in [0.15, 0.2) is 65.1 Å². The number of rotatable bonds is 10. The zero-order valence-corrected chi connectivity index (χ0v) is 25.6. The van der Waals surface area contributed by atoms with Crippen molar-refractivity contribution in [1.82, 2.24) is 9.80 Å². The van der Waals surface area contributed by atoms with E-state index >= 15 is 0 Å². The number of hydrogen-bond donors (Lipinski definition) is 0. The molecule has 2 aliphatic rings. The maximum Gasteiger partial charge on any atom is 0.120 e. The summed E-state index contributed by atoms with van der Waals surface area (Å²) in [5, 5.41) is 1.29. The summed E-state index contributed by atoms with van der Waals surface area (Å²) in [6.45, 7) is 8.72. The van der Waals surface area contributed by atoms with E-state index < -0.39 is 0 Å². The van der Waals surface area contributed by atoms with Gasteiger partial charge in [-0.1, -0.05) is 28.1 Å². The number of methoxy groups -OCH3 is 1. The van der Waals surface area contributed by atoms with Crippen LogP contribution in [0.4, 0.5) is 0 Å². The SMILES string of the molecule is COc1ccc2c(Cc3ccc(CN4CCOCC4)c(Br)c3)c(-c3ccc(OCCN4CCCC4)cc3)sc2c1. The van der Waals surface area contributed by atoms with Gasteiger partial charge in [0.1, 0.15) is 18.1 Å². The number of hydrogen-bond acceptors (Lipinski definition) is 6. The molecule has 2 fully saturated rings. The zero-order valence-electron chi connectivity index (χ0n) is 23.2. The first kappa shape index (κ1) is 27.7. The number of likely N-dealkylation sites (tertiary alicyclic amines) is 1. The van der Waals surface area contributed by atoms with Gasteiger partial charge in [0.05, 0.1) is 20.3 Å². The second kappa shape index (κ2) is 13.0. The third-order valence-electron chi connectivity index (χ3n) is 7.99. The van der Waals surface area contributed by atoms with Gasteiger partial charge in [0.15, 0.2) is 0 Å². The molecule has 0 aliphatic carbocycles. The Morgan fingerprint density at radius 3 is 2.40 bits per heavy atom. The van der Waals surface area contributed by atoms with Gasteiger partial charge in [-0.05, 0) is 109 Å². The Labute approximate surface area is 249 Å². The highest BCUT2D eigenvalue weighted by molar-refractivity contribution is 9.10. The van der Waals surface area contributed by atoms with Crippen LogP contribution in [0.1, 0.15) is 29.5 Å². The fourth-order valence-corrected chi connectivity index (χ4v) is 7.51. The van der Waals surface area contributed by atoms with Crippen molar-refractivity contribution in [2.75, 3.05) is 59.7 Å². The second-order valence-electron chi connectivity index (χ2n) is 10.7. The van der Waals surface area contributed by atoms with E-state index in [1.165, 1.54) is 67.6 Å². The summed E-state index contributed by atoms with van der Waals surface area (Å²) in [7, 11) is 1.73. The number of ether oxygens (including phenoxy) is 3. The van der Waals surface area contributed by atoms with Crippen LogP contribution in [0, 0.1) is 0 Å². The normalized spacial score (nSPS) is 16.6. The number of benzene rings is 3. The molecule has 6 rings (SSSR count). The van der Waals surface area contributed by atoms with E-state index in [0.717, 1.165) is 63.9 Å². The maximum absolute atomic E-state index is 6.08. The van der Waals surface area contributed by atoms with Gasteiger partial charge in [-0.25, -0.2) is 0 Å². The molecule has 0 amide bonds. The first-order chi connectivity index (χ1) is 19.7. The molecule has 0 spiro atoms. The number of nitrogens with zero attached hydrogens (tertiary/aromatic N) is 2. The van der Waals surface area contributed by atoms with Crippen molar-refractivity contribution in [2.24, 2.45) is 0 Å². The van der Waals surface area contributed by atoms with Crippen molar-refractivity contribution in [3.8, 4) is 21.9 Å². The molecule has 0 N–H and O–H groups in total. The lowest BCUT2D eigenvalue weighted by Gasteiger charge is -2.27. The Morgan fingerprint density at radius 1 is 0.875 bits per heavy atom. The summed E-state index contributed by atoms with van der Waals surface area (Å²) in [5.41, 5.74) is 5.21. The van der Waals surface area contributed by atoms with E-state index in [-0.39, 0.29) is 0 Å². The number of halogens is 1. The minimum Gasteiger partial charge on any atom is -0.497 e.